The molecule has 0 bridgehead atoms. The number of halogens is 1. The van der Waals surface area contributed by atoms with Crippen LogP contribution in [0.3, 0.4) is 0 Å². The van der Waals surface area contributed by atoms with Crippen molar-refractivity contribution in [2.45, 2.75) is 4.90 Å². The van der Waals surface area contributed by atoms with Crippen molar-refractivity contribution in [2.24, 2.45) is 0 Å². The molecular weight excluding hydrogens is 434 g/mol. The van der Waals surface area contributed by atoms with Gasteiger partial charge in [0.25, 0.3) is 11.6 Å². The maximum Gasteiger partial charge on any atom is 0.287 e. The maximum atomic E-state index is 13.0. The first-order chi connectivity index (χ1) is 14.1. The van der Waals surface area contributed by atoms with E-state index in [2.05, 4.69) is 4.98 Å². The minimum atomic E-state index is -3.70. The molecule has 1 saturated heterocycles. The zero-order valence-electron chi connectivity index (χ0n) is 16.4. The second kappa shape index (κ2) is 8.54. The van der Waals surface area contributed by atoms with Gasteiger partial charge in [0.15, 0.2) is 0 Å². The lowest BCUT2D eigenvalue weighted by Gasteiger charge is -2.35. The van der Waals surface area contributed by atoms with Crippen molar-refractivity contribution < 1.29 is 18.1 Å². The first kappa shape index (κ1) is 21.9. The van der Waals surface area contributed by atoms with Gasteiger partial charge in [0.1, 0.15) is 12.0 Å². The predicted octanol–water partition coefficient (Wildman–Crippen LogP) is 1.86. The minimum absolute atomic E-state index is 0.00559. The Morgan fingerprint density at radius 3 is 2.37 bits per heavy atom. The van der Waals surface area contributed by atoms with Crippen LogP contribution in [0.4, 0.5) is 11.5 Å². The van der Waals surface area contributed by atoms with Crippen LogP contribution in [0, 0.1) is 10.1 Å². The molecule has 1 aliphatic rings. The number of anilines is 1. The third kappa shape index (κ3) is 4.37. The summed E-state index contributed by atoms with van der Waals surface area (Å²) >= 11 is 6.17. The molecule has 160 valence electrons. The monoisotopic (exact) mass is 453 g/mol. The van der Waals surface area contributed by atoms with Gasteiger partial charge in [-0.1, -0.05) is 11.6 Å². The summed E-state index contributed by atoms with van der Waals surface area (Å²) in [5.41, 5.74) is 0.0382. The molecule has 1 aliphatic heterocycles. The van der Waals surface area contributed by atoms with Crippen molar-refractivity contribution in [1.82, 2.24) is 14.2 Å². The van der Waals surface area contributed by atoms with Crippen molar-refractivity contribution in [1.29, 1.82) is 0 Å². The van der Waals surface area contributed by atoms with E-state index in [4.69, 9.17) is 11.6 Å². The van der Waals surface area contributed by atoms with E-state index in [0.29, 0.717) is 32.0 Å². The van der Waals surface area contributed by atoms with Gasteiger partial charge in [0.2, 0.25) is 10.0 Å². The molecule has 0 unspecified atom stereocenters. The molecule has 1 aromatic heterocycles. The van der Waals surface area contributed by atoms with E-state index in [0.717, 1.165) is 4.31 Å². The molecule has 0 saturated carbocycles. The number of nitrogens with zero attached hydrogens (tertiary/aromatic N) is 5. The van der Waals surface area contributed by atoms with Gasteiger partial charge in [-0.3, -0.25) is 14.9 Å². The fourth-order valence-corrected chi connectivity index (χ4v) is 4.15. The summed E-state index contributed by atoms with van der Waals surface area (Å²) in [6.07, 6.45) is 1.20. The fraction of sp³-hybridized carbons (Fsp3) is 0.333. The molecule has 1 fully saturated rings. The fourth-order valence-electron chi connectivity index (χ4n) is 3.02. The second-order valence-corrected chi connectivity index (χ2v) is 9.40. The van der Waals surface area contributed by atoms with Gasteiger partial charge in [0.05, 0.1) is 20.4 Å². The molecule has 0 radical (unpaired) electrons. The van der Waals surface area contributed by atoms with Crippen molar-refractivity contribution in [3.8, 4) is 0 Å². The van der Waals surface area contributed by atoms with Crippen molar-refractivity contribution in [2.75, 3.05) is 45.2 Å². The van der Waals surface area contributed by atoms with Gasteiger partial charge in [-0.2, -0.15) is 0 Å². The van der Waals surface area contributed by atoms with Gasteiger partial charge in [-0.05, 0) is 24.3 Å². The van der Waals surface area contributed by atoms with Crippen molar-refractivity contribution in [3.05, 3.63) is 57.2 Å². The van der Waals surface area contributed by atoms with Crippen molar-refractivity contribution in [3.63, 3.8) is 0 Å². The Balaban J connectivity index is 1.73. The van der Waals surface area contributed by atoms with Crippen molar-refractivity contribution >= 4 is 39.0 Å². The molecule has 0 spiro atoms. The lowest BCUT2D eigenvalue weighted by atomic mass is 10.1. The number of sulfonamides is 1. The van der Waals surface area contributed by atoms with Crippen LogP contribution in [-0.2, 0) is 10.0 Å². The lowest BCUT2D eigenvalue weighted by Crippen LogP contribution is -2.49. The third-order valence-electron chi connectivity index (χ3n) is 4.78. The Morgan fingerprint density at radius 1 is 1.17 bits per heavy atom. The summed E-state index contributed by atoms with van der Waals surface area (Å²) in [6.45, 7) is 1.70. The molecule has 0 atom stereocenters. The highest BCUT2D eigenvalue weighted by Gasteiger charge is 2.26. The van der Waals surface area contributed by atoms with Crippen LogP contribution < -0.4 is 4.90 Å². The second-order valence-electron chi connectivity index (χ2n) is 6.84. The summed E-state index contributed by atoms with van der Waals surface area (Å²) in [5, 5.41) is 10.9. The molecule has 10 nitrogen and oxygen atoms in total. The highest BCUT2D eigenvalue weighted by molar-refractivity contribution is 7.89. The summed E-state index contributed by atoms with van der Waals surface area (Å²) in [6, 6.07) is 7.03. The maximum absolute atomic E-state index is 13.0. The van der Waals surface area contributed by atoms with Gasteiger partial charge in [-0.15, -0.1) is 0 Å². The summed E-state index contributed by atoms with van der Waals surface area (Å²) in [5.74, 6) is 0.233. The number of carbonyl (C=O) groups excluding carboxylic acids is 1. The number of hydrogen-bond donors (Lipinski definition) is 0. The van der Waals surface area contributed by atoms with Crippen LogP contribution in [0.1, 0.15) is 10.4 Å². The van der Waals surface area contributed by atoms with Crippen LogP contribution in [0.5, 0.6) is 0 Å². The summed E-state index contributed by atoms with van der Waals surface area (Å²) < 4.78 is 25.8. The first-order valence-corrected chi connectivity index (χ1v) is 10.8. The number of carbonyl (C=O) groups is 1. The molecule has 1 amide bonds. The molecule has 2 aromatic rings. The van der Waals surface area contributed by atoms with E-state index in [1.54, 1.807) is 11.0 Å². The minimum Gasteiger partial charge on any atom is -0.353 e. The number of nitro groups is 1. The molecule has 3 rings (SSSR count). The average Bonchev–Trinajstić information content (AvgIpc) is 2.73. The van der Waals surface area contributed by atoms with Gasteiger partial charge in [-0.25, -0.2) is 17.7 Å². The van der Waals surface area contributed by atoms with E-state index < -0.39 is 14.9 Å². The Labute approximate surface area is 178 Å². The number of pyridine rings is 1. The number of hydrogen-bond acceptors (Lipinski definition) is 7. The van der Waals surface area contributed by atoms with E-state index in [1.807, 2.05) is 4.90 Å². The number of piperazine rings is 1. The molecular formula is C18H20ClN5O5S. The van der Waals surface area contributed by atoms with Gasteiger partial charge in [0, 0.05) is 46.3 Å². The molecule has 1 aromatic carbocycles. The zero-order valence-corrected chi connectivity index (χ0v) is 17.9. The Morgan fingerprint density at radius 2 is 1.83 bits per heavy atom. The Hall–Kier alpha value is -2.76. The largest absolute Gasteiger partial charge is 0.353 e. The van der Waals surface area contributed by atoms with Crippen LogP contribution in [0.2, 0.25) is 5.02 Å². The number of aromatic nitrogens is 1. The van der Waals surface area contributed by atoms with Gasteiger partial charge < -0.3 is 9.80 Å². The molecule has 30 heavy (non-hydrogen) atoms. The summed E-state index contributed by atoms with van der Waals surface area (Å²) in [7, 11) is -0.868. The van der Waals surface area contributed by atoms with E-state index in [9.17, 15) is 23.3 Å². The van der Waals surface area contributed by atoms with E-state index in [-0.39, 0.29) is 27.1 Å². The van der Waals surface area contributed by atoms with Gasteiger partial charge >= 0.3 is 0 Å². The third-order valence-corrected chi connectivity index (χ3v) is 6.92. The Kier molecular flexibility index (Phi) is 6.25. The number of benzene rings is 1. The highest BCUT2D eigenvalue weighted by Crippen LogP contribution is 2.24. The SMILES string of the molecule is CN(C)S(=O)(=O)c1ccc(Cl)c(C(=O)N2CCN(c3ccc([N+](=O)[O-])cn3)CC2)c1. The van der Waals surface area contributed by atoms with Crippen LogP contribution in [-0.4, -0.2) is 73.7 Å². The first-order valence-electron chi connectivity index (χ1n) is 8.98. The highest BCUT2D eigenvalue weighted by atomic mass is 35.5. The molecule has 2 heterocycles. The summed E-state index contributed by atoms with van der Waals surface area (Å²) in [4.78, 5) is 30.8. The van der Waals surface area contributed by atoms with E-state index >= 15 is 0 Å². The smallest absolute Gasteiger partial charge is 0.287 e. The van der Waals surface area contributed by atoms with Crippen LogP contribution in [0.15, 0.2) is 41.4 Å². The lowest BCUT2D eigenvalue weighted by molar-refractivity contribution is -0.385. The number of amides is 1. The molecule has 0 N–H and O–H groups in total. The zero-order chi connectivity index (χ0) is 22.1. The van der Waals surface area contributed by atoms with E-state index in [1.165, 1.54) is 44.6 Å². The normalized spacial score (nSPS) is 14.8. The van der Waals surface area contributed by atoms with Crippen LogP contribution >= 0.6 is 11.6 Å². The average molecular weight is 454 g/mol. The predicted molar refractivity (Wildman–Crippen MR) is 111 cm³/mol. The topological polar surface area (TPSA) is 117 Å². The van der Waals surface area contributed by atoms with Crippen LogP contribution in [0.25, 0.3) is 0 Å². The quantitative estimate of drug-likeness (QED) is 0.500. The molecule has 12 heteroatoms. The molecule has 0 aliphatic carbocycles. The number of rotatable bonds is 5. The standard InChI is InChI=1S/C18H20ClN5O5S/c1-21(2)30(28,29)14-4-5-16(19)15(11-14)18(25)23-9-7-22(8-10-23)17-6-3-13(12-20-17)24(26)27/h3-6,11-12H,7-10H2,1-2H3. The Bertz CT molecular complexity index is 1070.